The van der Waals surface area contributed by atoms with Crippen molar-refractivity contribution in [1.29, 1.82) is 5.41 Å². The second kappa shape index (κ2) is 11.5. The van der Waals surface area contributed by atoms with Crippen LogP contribution in [0.1, 0.15) is 44.0 Å². The molecule has 1 aromatic carbocycles. The highest BCUT2D eigenvalue weighted by Gasteiger charge is 2.36. The topological polar surface area (TPSA) is 97.2 Å². The first-order valence-electron chi connectivity index (χ1n) is 12.1. The van der Waals surface area contributed by atoms with Crippen molar-refractivity contribution in [3.63, 3.8) is 0 Å². The molecule has 1 amide bonds. The molecule has 35 heavy (non-hydrogen) atoms. The predicted octanol–water partition coefficient (Wildman–Crippen LogP) is 4.24. The van der Waals surface area contributed by atoms with Crippen molar-refractivity contribution >= 4 is 47.0 Å². The molecule has 2 fully saturated rings. The van der Waals surface area contributed by atoms with Crippen LogP contribution >= 0.6 is 23.2 Å². The molecule has 10 heteroatoms. The molecular weight excluding hydrogens is 485 g/mol. The molecule has 4 rings (SSSR count). The summed E-state index contributed by atoms with van der Waals surface area (Å²) in [5, 5.41) is 15.5. The van der Waals surface area contributed by atoms with Crippen molar-refractivity contribution < 1.29 is 4.79 Å². The minimum atomic E-state index is -0.131. The van der Waals surface area contributed by atoms with Crippen molar-refractivity contribution in [2.24, 2.45) is 11.8 Å². The van der Waals surface area contributed by atoms with Gasteiger partial charge in [0.1, 0.15) is 11.5 Å². The van der Waals surface area contributed by atoms with Gasteiger partial charge in [0.2, 0.25) is 6.41 Å². The summed E-state index contributed by atoms with van der Waals surface area (Å²) in [6.07, 6.45) is 4.99. The number of nitrogens with zero attached hydrogens (tertiary/aromatic N) is 4. The van der Waals surface area contributed by atoms with E-state index in [0.29, 0.717) is 45.6 Å². The van der Waals surface area contributed by atoms with Crippen molar-refractivity contribution in [2.45, 2.75) is 32.7 Å². The van der Waals surface area contributed by atoms with E-state index in [1.54, 1.807) is 19.2 Å². The Morgan fingerprint density at radius 2 is 2.09 bits per heavy atom. The van der Waals surface area contributed by atoms with Gasteiger partial charge in [-0.2, -0.15) is 0 Å². The average molecular weight is 518 g/mol. The third-order valence-electron chi connectivity index (χ3n) is 7.00. The highest BCUT2D eigenvalue weighted by atomic mass is 35.5. The lowest BCUT2D eigenvalue weighted by atomic mass is 9.80. The number of carbonyl (C=O) groups is 1. The summed E-state index contributed by atoms with van der Waals surface area (Å²) in [5.41, 5.74) is 1.80. The van der Waals surface area contributed by atoms with Crippen LogP contribution in [0.5, 0.6) is 0 Å². The normalized spacial score (nSPS) is 19.7. The standard InChI is InChI=1S/C25H33Cl2N7O/c1-16(28)24-25(31-17(2)21-6-5-20(26)10-22(21)27)32-23(11-30-24)34-13-19(14-34)18-4-3-8-33(12-18)9-7-29-15-35/h5-6,10-11,15,17-19,28H,3-4,7-9,12-14H2,1-2H3,(H,29,35)(H,31,32). The van der Waals surface area contributed by atoms with Gasteiger partial charge in [-0.05, 0) is 62.8 Å². The van der Waals surface area contributed by atoms with E-state index >= 15 is 0 Å². The molecule has 0 spiro atoms. The molecule has 2 unspecified atom stereocenters. The summed E-state index contributed by atoms with van der Waals surface area (Å²) in [5.74, 6) is 2.71. The Bertz CT molecular complexity index is 1060. The second-order valence-electron chi connectivity index (χ2n) is 9.52. The van der Waals surface area contributed by atoms with Gasteiger partial charge in [0.15, 0.2) is 5.82 Å². The van der Waals surface area contributed by atoms with Crippen molar-refractivity contribution in [1.82, 2.24) is 20.2 Å². The number of nitrogens with one attached hydrogen (secondary N) is 3. The van der Waals surface area contributed by atoms with Gasteiger partial charge >= 0.3 is 0 Å². The number of likely N-dealkylation sites (tertiary alicyclic amines) is 1. The molecule has 2 saturated heterocycles. The number of anilines is 2. The Labute approximate surface area is 216 Å². The van der Waals surface area contributed by atoms with Crippen LogP contribution in [0, 0.1) is 17.2 Å². The zero-order valence-corrected chi connectivity index (χ0v) is 21.7. The van der Waals surface area contributed by atoms with Crippen LogP contribution in [0.15, 0.2) is 24.4 Å². The number of hydrogen-bond acceptors (Lipinski definition) is 7. The Hall–Kier alpha value is -2.42. The van der Waals surface area contributed by atoms with Crippen LogP contribution in [0.4, 0.5) is 11.6 Å². The van der Waals surface area contributed by atoms with E-state index in [9.17, 15) is 4.79 Å². The van der Waals surface area contributed by atoms with E-state index in [1.807, 2.05) is 19.1 Å². The fourth-order valence-electron chi connectivity index (χ4n) is 5.00. The quantitative estimate of drug-likeness (QED) is 0.247. The lowest BCUT2D eigenvalue weighted by molar-refractivity contribution is -0.109. The van der Waals surface area contributed by atoms with Crippen molar-refractivity contribution in [3.8, 4) is 0 Å². The molecule has 2 aliphatic rings. The molecule has 0 bridgehead atoms. The molecule has 8 nitrogen and oxygen atoms in total. The zero-order chi connectivity index (χ0) is 24.9. The first-order chi connectivity index (χ1) is 16.9. The largest absolute Gasteiger partial charge is 0.362 e. The first-order valence-corrected chi connectivity index (χ1v) is 12.9. The van der Waals surface area contributed by atoms with Gasteiger partial charge < -0.3 is 25.8 Å². The molecule has 0 aliphatic carbocycles. The van der Waals surface area contributed by atoms with Crippen LogP contribution in [-0.2, 0) is 4.79 Å². The molecule has 0 saturated carbocycles. The van der Waals surface area contributed by atoms with Gasteiger partial charge in [-0.25, -0.2) is 9.97 Å². The maximum Gasteiger partial charge on any atom is 0.207 e. The van der Waals surface area contributed by atoms with Crippen LogP contribution in [0.2, 0.25) is 10.0 Å². The Kier molecular flexibility index (Phi) is 8.46. The highest BCUT2D eigenvalue weighted by Crippen LogP contribution is 2.34. The Morgan fingerprint density at radius 1 is 1.29 bits per heavy atom. The Balaban J connectivity index is 1.41. The minimum absolute atomic E-state index is 0.131. The monoisotopic (exact) mass is 517 g/mol. The smallest absolute Gasteiger partial charge is 0.207 e. The Morgan fingerprint density at radius 3 is 2.80 bits per heavy atom. The SMILES string of the molecule is CC(=N)c1ncc(N2CC(C3CCCN(CCNC=O)C3)C2)nc1NC(C)c1ccc(Cl)cc1Cl. The molecule has 3 heterocycles. The van der Waals surface area contributed by atoms with Crippen molar-refractivity contribution in [2.75, 3.05) is 49.5 Å². The van der Waals surface area contributed by atoms with Crippen molar-refractivity contribution in [3.05, 3.63) is 45.7 Å². The lowest BCUT2D eigenvalue weighted by Crippen LogP contribution is -2.54. The lowest BCUT2D eigenvalue weighted by Gasteiger charge is -2.47. The first kappa shape index (κ1) is 25.7. The summed E-state index contributed by atoms with van der Waals surface area (Å²) in [7, 11) is 0. The van der Waals surface area contributed by atoms with E-state index in [4.69, 9.17) is 33.6 Å². The number of aromatic nitrogens is 2. The number of piperidine rings is 1. The second-order valence-corrected chi connectivity index (χ2v) is 10.4. The third-order valence-corrected chi connectivity index (χ3v) is 7.56. The number of carbonyl (C=O) groups excluding carboxylic acids is 1. The van der Waals surface area contributed by atoms with E-state index < -0.39 is 0 Å². The van der Waals surface area contributed by atoms with Crippen LogP contribution in [-0.4, -0.2) is 66.3 Å². The van der Waals surface area contributed by atoms with E-state index in [1.165, 1.54) is 12.8 Å². The molecule has 0 radical (unpaired) electrons. The van der Waals surface area contributed by atoms with Gasteiger partial charge in [-0.1, -0.05) is 29.3 Å². The summed E-state index contributed by atoms with van der Waals surface area (Å²) in [6.45, 7) is 9.45. The van der Waals surface area contributed by atoms with E-state index in [2.05, 4.69) is 25.4 Å². The van der Waals surface area contributed by atoms with E-state index in [0.717, 1.165) is 50.5 Å². The van der Waals surface area contributed by atoms with Crippen LogP contribution in [0.3, 0.4) is 0 Å². The third kappa shape index (κ3) is 6.23. The molecule has 3 N–H and O–H groups in total. The van der Waals surface area contributed by atoms with Crippen LogP contribution in [0.25, 0.3) is 0 Å². The van der Waals surface area contributed by atoms with Gasteiger partial charge in [0, 0.05) is 42.8 Å². The zero-order valence-electron chi connectivity index (χ0n) is 20.2. The predicted molar refractivity (Wildman–Crippen MR) is 142 cm³/mol. The number of benzene rings is 1. The maximum absolute atomic E-state index is 10.5. The molecule has 2 atom stereocenters. The fraction of sp³-hybridized carbons (Fsp3) is 0.520. The fourth-order valence-corrected chi connectivity index (χ4v) is 5.57. The molecule has 188 valence electrons. The molecule has 2 aromatic rings. The van der Waals surface area contributed by atoms with Crippen LogP contribution < -0.4 is 15.5 Å². The summed E-state index contributed by atoms with van der Waals surface area (Å²) in [4.78, 5) is 24.7. The van der Waals surface area contributed by atoms with Gasteiger partial charge in [-0.15, -0.1) is 0 Å². The van der Waals surface area contributed by atoms with Gasteiger partial charge in [0.05, 0.1) is 18.0 Å². The number of halogens is 2. The highest BCUT2D eigenvalue weighted by molar-refractivity contribution is 6.35. The van der Waals surface area contributed by atoms with Gasteiger partial charge in [0.25, 0.3) is 0 Å². The number of hydrogen-bond donors (Lipinski definition) is 3. The minimum Gasteiger partial charge on any atom is -0.362 e. The summed E-state index contributed by atoms with van der Waals surface area (Å²) in [6, 6.07) is 5.32. The summed E-state index contributed by atoms with van der Waals surface area (Å²) >= 11 is 12.5. The average Bonchev–Trinajstić information content (AvgIpc) is 2.78. The van der Waals surface area contributed by atoms with E-state index in [-0.39, 0.29) is 6.04 Å². The molecule has 2 aliphatic heterocycles. The van der Waals surface area contributed by atoms with Gasteiger partial charge in [-0.3, -0.25) is 4.79 Å². The molecule has 1 aromatic heterocycles. The summed E-state index contributed by atoms with van der Waals surface area (Å²) < 4.78 is 0. The maximum atomic E-state index is 10.5. The number of amides is 1. The molecular formula is C25H33Cl2N7O. The number of rotatable bonds is 10.